The molecule has 2 saturated heterocycles. The van der Waals surface area contributed by atoms with Gasteiger partial charge in [-0.25, -0.2) is 0 Å². The third-order valence-electron chi connectivity index (χ3n) is 2.58. The van der Waals surface area contributed by atoms with E-state index < -0.39 is 0 Å². The van der Waals surface area contributed by atoms with Crippen molar-refractivity contribution < 1.29 is 0 Å². The van der Waals surface area contributed by atoms with E-state index in [1.807, 2.05) is 0 Å². The highest BCUT2D eigenvalue weighted by atomic mass is 15.3. The van der Waals surface area contributed by atoms with E-state index in [1.54, 1.807) is 0 Å². The summed E-state index contributed by atoms with van der Waals surface area (Å²) in [6, 6.07) is 0. The molecular formula is C8H17N3. The van der Waals surface area contributed by atoms with Crippen LogP contribution >= 0.6 is 0 Å². The van der Waals surface area contributed by atoms with Crippen LogP contribution in [-0.2, 0) is 0 Å². The molecule has 0 bridgehead atoms. The van der Waals surface area contributed by atoms with Crippen molar-refractivity contribution in [2.75, 3.05) is 32.7 Å². The summed E-state index contributed by atoms with van der Waals surface area (Å²) in [5.74, 6) is 0. The van der Waals surface area contributed by atoms with E-state index in [0.29, 0.717) is 6.17 Å². The Morgan fingerprint density at radius 1 is 1.09 bits per heavy atom. The van der Waals surface area contributed by atoms with Gasteiger partial charge in [-0.3, -0.25) is 4.90 Å². The van der Waals surface area contributed by atoms with Crippen LogP contribution in [0, 0.1) is 0 Å². The van der Waals surface area contributed by atoms with Gasteiger partial charge >= 0.3 is 0 Å². The van der Waals surface area contributed by atoms with Crippen molar-refractivity contribution in [3.05, 3.63) is 0 Å². The van der Waals surface area contributed by atoms with E-state index in [2.05, 4.69) is 15.5 Å². The minimum absolute atomic E-state index is 0.617. The summed E-state index contributed by atoms with van der Waals surface area (Å²) in [7, 11) is 0. The molecule has 1 atom stereocenters. The number of hydrogen-bond donors (Lipinski definition) is 2. The highest BCUT2D eigenvalue weighted by molar-refractivity contribution is 4.79. The smallest absolute Gasteiger partial charge is 0.0725 e. The van der Waals surface area contributed by atoms with E-state index in [9.17, 15) is 0 Å². The lowest BCUT2D eigenvalue weighted by Crippen LogP contribution is -2.54. The van der Waals surface area contributed by atoms with Crippen LogP contribution in [0.4, 0.5) is 0 Å². The third kappa shape index (κ3) is 1.72. The maximum atomic E-state index is 3.52. The van der Waals surface area contributed by atoms with Gasteiger partial charge < -0.3 is 10.6 Å². The van der Waals surface area contributed by atoms with Gasteiger partial charge in [-0.2, -0.15) is 0 Å². The first kappa shape index (κ1) is 7.53. The number of fused-ring (bicyclic) bond motifs is 1. The lowest BCUT2D eigenvalue weighted by atomic mass is 10.2. The molecule has 0 aliphatic carbocycles. The molecular weight excluding hydrogens is 138 g/mol. The van der Waals surface area contributed by atoms with Crippen LogP contribution in [-0.4, -0.2) is 43.8 Å². The van der Waals surface area contributed by atoms with Gasteiger partial charge in [-0.1, -0.05) is 0 Å². The van der Waals surface area contributed by atoms with Gasteiger partial charge in [-0.05, 0) is 25.9 Å². The van der Waals surface area contributed by atoms with Gasteiger partial charge in [0.15, 0.2) is 0 Å². The molecule has 2 heterocycles. The van der Waals surface area contributed by atoms with Crippen molar-refractivity contribution in [1.29, 1.82) is 0 Å². The van der Waals surface area contributed by atoms with E-state index in [4.69, 9.17) is 0 Å². The minimum Gasteiger partial charge on any atom is -0.314 e. The number of nitrogens with zero attached hydrogens (tertiary/aromatic N) is 1. The van der Waals surface area contributed by atoms with Crippen LogP contribution in [0.25, 0.3) is 0 Å². The Hall–Kier alpha value is -0.120. The lowest BCUT2D eigenvalue weighted by molar-refractivity contribution is 0.143. The van der Waals surface area contributed by atoms with Gasteiger partial charge in [-0.15, -0.1) is 0 Å². The molecule has 0 unspecified atom stereocenters. The summed E-state index contributed by atoms with van der Waals surface area (Å²) in [6.45, 7) is 6.07. The number of rotatable bonds is 0. The summed E-state index contributed by atoms with van der Waals surface area (Å²) < 4.78 is 0. The maximum Gasteiger partial charge on any atom is 0.0725 e. The first-order chi connectivity index (χ1) is 5.47. The predicted octanol–water partition coefficient (Wildman–Crippen LogP) is -0.399. The molecule has 0 spiro atoms. The van der Waals surface area contributed by atoms with E-state index in [0.717, 1.165) is 6.54 Å². The molecule has 2 rings (SSSR count). The van der Waals surface area contributed by atoms with Crippen LogP contribution < -0.4 is 10.6 Å². The van der Waals surface area contributed by atoms with Crippen LogP contribution in [0.1, 0.15) is 12.8 Å². The van der Waals surface area contributed by atoms with E-state index >= 15 is 0 Å². The van der Waals surface area contributed by atoms with Crippen LogP contribution in [0.15, 0.2) is 0 Å². The third-order valence-corrected chi connectivity index (χ3v) is 2.58. The van der Waals surface area contributed by atoms with Crippen LogP contribution in [0.2, 0.25) is 0 Å². The first-order valence-corrected chi connectivity index (χ1v) is 4.65. The summed E-state index contributed by atoms with van der Waals surface area (Å²) in [4.78, 5) is 2.56. The predicted molar refractivity (Wildman–Crippen MR) is 45.5 cm³/mol. The van der Waals surface area contributed by atoms with Gasteiger partial charge in [0.05, 0.1) is 6.17 Å². The Labute approximate surface area is 68.1 Å². The summed E-state index contributed by atoms with van der Waals surface area (Å²) in [5, 5.41) is 6.97. The molecule has 0 saturated carbocycles. The zero-order valence-corrected chi connectivity index (χ0v) is 6.97. The van der Waals surface area contributed by atoms with Crippen molar-refractivity contribution in [2.45, 2.75) is 19.0 Å². The monoisotopic (exact) mass is 155 g/mol. The van der Waals surface area contributed by atoms with Crippen molar-refractivity contribution in [1.82, 2.24) is 15.5 Å². The first-order valence-electron chi connectivity index (χ1n) is 4.65. The summed E-state index contributed by atoms with van der Waals surface area (Å²) in [6.07, 6.45) is 3.24. The molecule has 0 aromatic rings. The Morgan fingerprint density at radius 2 is 1.91 bits per heavy atom. The largest absolute Gasteiger partial charge is 0.314 e. The lowest BCUT2D eigenvalue weighted by Gasteiger charge is -2.34. The highest BCUT2D eigenvalue weighted by Gasteiger charge is 2.22. The Balaban J connectivity index is 1.93. The quantitative estimate of drug-likeness (QED) is 0.498. The second-order valence-corrected chi connectivity index (χ2v) is 3.42. The Morgan fingerprint density at radius 3 is 2.82 bits per heavy atom. The number of hydrogen-bond acceptors (Lipinski definition) is 3. The standard InChI is InChI=1S/C8H17N3/c1-3-9-7-8-10-4-2-6-11(8)5-1/h8-10H,1-7H2/t8-/m0/s1. The number of nitrogens with one attached hydrogen (secondary N) is 2. The van der Waals surface area contributed by atoms with Crippen LogP contribution in [0.5, 0.6) is 0 Å². The molecule has 3 nitrogen and oxygen atoms in total. The van der Waals surface area contributed by atoms with Gasteiger partial charge in [0, 0.05) is 19.6 Å². The molecule has 3 heteroatoms. The van der Waals surface area contributed by atoms with Gasteiger partial charge in [0.1, 0.15) is 0 Å². The summed E-state index contributed by atoms with van der Waals surface area (Å²) >= 11 is 0. The fraction of sp³-hybridized carbons (Fsp3) is 1.00. The topological polar surface area (TPSA) is 27.3 Å². The molecule has 64 valence electrons. The fourth-order valence-electron chi connectivity index (χ4n) is 1.95. The van der Waals surface area contributed by atoms with Crippen LogP contribution in [0.3, 0.4) is 0 Å². The minimum atomic E-state index is 0.617. The van der Waals surface area contributed by atoms with Crippen molar-refractivity contribution in [2.24, 2.45) is 0 Å². The molecule has 2 N–H and O–H groups in total. The molecule has 0 aromatic heterocycles. The second kappa shape index (κ2) is 3.52. The molecule has 2 fully saturated rings. The van der Waals surface area contributed by atoms with Crippen molar-refractivity contribution >= 4 is 0 Å². The Bertz CT molecular complexity index is 113. The summed E-state index contributed by atoms with van der Waals surface area (Å²) in [5.41, 5.74) is 0. The van der Waals surface area contributed by atoms with Crippen molar-refractivity contribution in [3.8, 4) is 0 Å². The average molecular weight is 155 g/mol. The Kier molecular flexibility index (Phi) is 2.41. The molecule has 0 radical (unpaired) electrons. The second-order valence-electron chi connectivity index (χ2n) is 3.42. The normalized spacial score (nSPS) is 34.4. The van der Waals surface area contributed by atoms with Crippen molar-refractivity contribution in [3.63, 3.8) is 0 Å². The highest BCUT2D eigenvalue weighted by Crippen LogP contribution is 2.06. The average Bonchev–Trinajstić information content (AvgIpc) is 2.28. The fourth-order valence-corrected chi connectivity index (χ4v) is 1.95. The van der Waals surface area contributed by atoms with E-state index in [-0.39, 0.29) is 0 Å². The molecule has 0 aromatic carbocycles. The molecule has 2 aliphatic rings. The SMILES string of the molecule is C1CNC[C@H]2NCCCN2C1. The molecule has 11 heavy (non-hydrogen) atoms. The zero-order chi connectivity index (χ0) is 7.52. The molecule has 2 aliphatic heterocycles. The zero-order valence-electron chi connectivity index (χ0n) is 6.97. The van der Waals surface area contributed by atoms with Gasteiger partial charge in [0.2, 0.25) is 0 Å². The molecule has 0 amide bonds. The maximum absolute atomic E-state index is 3.52. The van der Waals surface area contributed by atoms with Gasteiger partial charge in [0.25, 0.3) is 0 Å². The van der Waals surface area contributed by atoms with E-state index in [1.165, 1.54) is 39.0 Å².